The van der Waals surface area contributed by atoms with E-state index in [2.05, 4.69) is 5.32 Å². The fourth-order valence-corrected chi connectivity index (χ4v) is 1.85. The number of nitrogens with zero attached hydrogens (tertiary/aromatic N) is 1. The first kappa shape index (κ1) is 12.7. The second kappa shape index (κ2) is 4.49. The predicted molar refractivity (Wildman–Crippen MR) is 60.5 cm³/mol. The summed E-state index contributed by atoms with van der Waals surface area (Å²) in [5.74, 6) is -1.95. The maximum absolute atomic E-state index is 13.6. The Balaban J connectivity index is 2.31. The Bertz CT molecular complexity index is 464. The van der Waals surface area contributed by atoms with E-state index in [1.165, 1.54) is 0 Å². The quantitative estimate of drug-likeness (QED) is 0.668. The third-order valence-electron chi connectivity index (χ3n) is 2.88. The summed E-state index contributed by atoms with van der Waals surface area (Å²) in [7, 11) is 0. The van der Waals surface area contributed by atoms with Crippen LogP contribution in [0.4, 0.5) is 20.2 Å². The van der Waals surface area contributed by atoms with Crippen LogP contribution in [0.3, 0.4) is 0 Å². The molecule has 1 aliphatic heterocycles. The van der Waals surface area contributed by atoms with Crippen LogP contribution in [-0.2, 0) is 4.74 Å². The monoisotopic (exact) mass is 258 g/mol. The van der Waals surface area contributed by atoms with Crippen molar-refractivity contribution in [2.45, 2.75) is 18.9 Å². The third-order valence-corrected chi connectivity index (χ3v) is 2.88. The van der Waals surface area contributed by atoms with Gasteiger partial charge in [0, 0.05) is 6.61 Å². The van der Waals surface area contributed by atoms with Crippen LogP contribution in [0.1, 0.15) is 13.3 Å². The van der Waals surface area contributed by atoms with Gasteiger partial charge < -0.3 is 10.1 Å². The van der Waals surface area contributed by atoms with Gasteiger partial charge in [-0.15, -0.1) is 0 Å². The molecule has 2 rings (SSSR count). The molecule has 1 N–H and O–H groups in total. The van der Waals surface area contributed by atoms with E-state index in [1.807, 2.05) is 0 Å². The Morgan fingerprint density at radius 3 is 2.50 bits per heavy atom. The zero-order chi connectivity index (χ0) is 13.3. The summed E-state index contributed by atoms with van der Waals surface area (Å²) < 4.78 is 32.5. The van der Waals surface area contributed by atoms with E-state index in [0.29, 0.717) is 31.8 Å². The lowest BCUT2D eigenvalue weighted by atomic mass is 10.0. The van der Waals surface area contributed by atoms with Crippen LogP contribution in [-0.4, -0.2) is 23.7 Å². The van der Waals surface area contributed by atoms with Crippen LogP contribution in [0.5, 0.6) is 0 Å². The van der Waals surface area contributed by atoms with Crippen LogP contribution in [0.25, 0.3) is 0 Å². The molecule has 1 heterocycles. The van der Waals surface area contributed by atoms with Gasteiger partial charge in [0.15, 0.2) is 11.6 Å². The van der Waals surface area contributed by atoms with Gasteiger partial charge in [0.25, 0.3) is 5.69 Å². The van der Waals surface area contributed by atoms with E-state index in [0.717, 1.165) is 0 Å². The zero-order valence-electron chi connectivity index (χ0n) is 9.70. The van der Waals surface area contributed by atoms with E-state index in [9.17, 15) is 18.9 Å². The number of hydrogen-bond donors (Lipinski definition) is 1. The van der Waals surface area contributed by atoms with Crippen molar-refractivity contribution in [3.63, 3.8) is 0 Å². The standard InChI is InChI=1S/C11H12F2N2O3/c1-11(2-3-18-6-11)14-10-8(12)4-7(15(16)17)5-9(10)13/h4-5,14H,2-3,6H2,1H3. The predicted octanol–water partition coefficient (Wildman–Crippen LogP) is 2.46. The van der Waals surface area contributed by atoms with Gasteiger partial charge in [0.2, 0.25) is 0 Å². The number of hydrogen-bond acceptors (Lipinski definition) is 4. The number of ether oxygens (including phenoxy) is 1. The minimum atomic E-state index is -0.977. The summed E-state index contributed by atoms with van der Waals surface area (Å²) >= 11 is 0. The molecule has 1 aromatic carbocycles. The molecule has 1 atom stereocenters. The largest absolute Gasteiger partial charge is 0.379 e. The molecule has 98 valence electrons. The number of rotatable bonds is 3. The molecule has 1 fully saturated rings. The summed E-state index contributed by atoms with van der Waals surface area (Å²) in [6, 6.07) is 1.40. The Morgan fingerprint density at radius 1 is 1.44 bits per heavy atom. The van der Waals surface area contributed by atoms with Gasteiger partial charge in [0.1, 0.15) is 5.69 Å². The van der Waals surface area contributed by atoms with Gasteiger partial charge in [-0.05, 0) is 13.3 Å². The molecule has 7 heteroatoms. The average Bonchev–Trinajstić information content (AvgIpc) is 2.70. The lowest BCUT2D eigenvalue weighted by Gasteiger charge is -2.25. The molecule has 0 aromatic heterocycles. The van der Waals surface area contributed by atoms with Crippen molar-refractivity contribution in [1.82, 2.24) is 0 Å². The molecule has 1 aliphatic rings. The smallest absolute Gasteiger partial charge is 0.275 e. The molecule has 1 aromatic rings. The van der Waals surface area contributed by atoms with E-state index >= 15 is 0 Å². The second-order valence-electron chi connectivity index (χ2n) is 4.53. The molecule has 0 radical (unpaired) electrons. The Hall–Kier alpha value is -1.76. The summed E-state index contributed by atoms with van der Waals surface area (Å²) in [6.07, 6.45) is 0.614. The van der Waals surface area contributed by atoms with Crippen molar-refractivity contribution in [3.8, 4) is 0 Å². The third kappa shape index (κ3) is 2.40. The maximum Gasteiger partial charge on any atom is 0.275 e. The average molecular weight is 258 g/mol. The first-order chi connectivity index (χ1) is 8.41. The number of halogens is 2. The van der Waals surface area contributed by atoms with E-state index in [4.69, 9.17) is 4.74 Å². The Kier molecular flexibility index (Phi) is 3.16. The fourth-order valence-electron chi connectivity index (χ4n) is 1.85. The topological polar surface area (TPSA) is 64.4 Å². The molecular formula is C11H12F2N2O3. The molecule has 1 saturated heterocycles. The summed E-state index contributed by atoms with van der Waals surface area (Å²) in [6.45, 7) is 2.63. The number of nitrogens with one attached hydrogen (secondary N) is 1. The van der Waals surface area contributed by atoms with Crippen LogP contribution >= 0.6 is 0 Å². The second-order valence-corrected chi connectivity index (χ2v) is 4.53. The highest BCUT2D eigenvalue weighted by atomic mass is 19.1. The molecule has 0 aliphatic carbocycles. The van der Waals surface area contributed by atoms with Gasteiger partial charge in [-0.3, -0.25) is 10.1 Å². The first-order valence-electron chi connectivity index (χ1n) is 5.41. The van der Waals surface area contributed by atoms with Crippen molar-refractivity contribution < 1.29 is 18.4 Å². The van der Waals surface area contributed by atoms with Crippen LogP contribution < -0.4 is 5.32 Å². The van der Waals surface area contributed by atoms with Crippen molar-refractivity contribution >= 4 is 11.4 Å². The van der Waals surface area contributed by atoms with Crippen LogP contribution in [0, 0.1) is 21.7 Å². The van der Waals surface area contributed by atoms with Gasteiger partial charge in [-0.2, -0.15) is 0 Å². The fraction of sp³-hybridized carbons (Fsp3) is 0.455. The molecular weight excluding hydrogens is 246 g/mol. The highest BCUT2D eigenvalue weighted by molar-refractivity contribution is 5.53. The highest BCUT2D eigenvalue weighted by Gasteiger charge is 2.31. The number of benzene rings is 1. The summed E-state index contributed by atoms with van der Waals surface area (Å²) in [5, 5.41) is 13.2. The first-order valence-corrected chi connectivity index (χ1v) is 5.41. The number of nitro benzene ring substituents is 1. The van der Waals surface area contributed by atoms with Crippen molar-refractivity contribution in [2.75, 3.05) is 18.5 Å². The zero-order valence-corrected chi connectivity index (χ0v) is 9.70. The van der Waals surface area contributed by atoms with E-state index < -0.39 is 27.8 Å². The Morgan fingerprint density at radius 2 is 2.06 bits per heavy atom. The molecule has 0 spiro atoms. The van der Waals surface area contributed by atoms with Gasteiger partial charge >= 0.3 is 0 Å². The highest BCUT2D eigenvalue weighted by Crippen LogP contribution is 2.30. The molecule has 5 nitrogen and oxygen atoms in total. The summed E-state index contributed by atoms with van der Waals surface area (Å²) in [4.78, 5) is 9.62. The van der Waals surface area contributed by atoms with Crippen LogP contribution in [0.15, 0.2) is 12.1 Å². The van der Waals surface area contributed by atoms with Crippen LogP contribution in [0.2, 0.25) is 0 Å². The van der Waals surface area contributed by atoms with Crippen molar-refractivity contribution in [2.24, 2.45) is 0 Å². The van der Waals surface area contributed by atoms with Crippen molar-refractivity contribution in [3.05, 3.63) is 33.9 Å². The SMILES string of the molecule is CC1(Nc2c(F)cc([N+](=O)[O-])cc2F)CCOC1. The molecule has 18 heavy (non-hydrogen) atoms. The molecule has 1 unspecified atom stereocenters. The molecule has 0 amide bonds. The minimum Gasteiger partial charge on any atom is -0.379 e. The van der Waals surface area contributed by atoms with Gasteiger partial charge in [0.05, 0.1) is 29.2 Å². The van der Waals surface area contributed by atoms with E-state index in [-0.39, 0.29) is 5.69 Å². The minimum absolute atomic E-state index is 0.336. The Labute approximate surface area is 102 Å². The number of anilines is 1. The number of non-ortho nitro benzene ring substituents is 1. The lowest BCUT2D eigenvalue weighted by Crippen LogP contribution is -2.35. The molecule has 0 bridgehead atoms. The summed E-state index contributed by atoms with van der Waals surface area (Å²) in [5.41, 5.74) is -1.52. The van der Waals surface area contributed by atoms with E-state index in [1.54, 1.807) is 6.92 Å². The lowest BCUT2D eigenvalue weighted by molar-refractivity contribution is -0.385. The van der Waals surface area contributed by atoms with Gasteiger partial charge in [-0.1, -0.05) is 0 Å². The number of nitro groups is 1. The van der Waals surface area contributed by atoms with Gasteiger partial charge in [-0.25, -0.2) is 8.78 Å². The normalized spacial score (nSPS) is 23.1. The van der Waals surface area contributed by atoms with Crippen molar-refractivity contribution in [1.29, 1.82) is 0 Å². The maximum atomic E-state index is 13.6. The molecule has 0 saturated carbocycles.